The number of carbonyl (C=O) groups is 3. The van der Waals surface area contributed by atoms with Gasteiger partial charge in [0.1, 0.15) is 11.3 Å². The fourth-order valence-electron chi connectivity index (χ4n) is 4.06. The second kappa shape index (κ2) is 7.43. The SMILES string of the molecule is Cc1ccc(CN(Cc2ccco2)C(=O)C2CCC3(CC2)NC(=O)NC3=O)s1. The molecule has 2 aromatic rings. The normalized spacial score (nSPS) is 24.2. The van der Waals surface area contributed by atoms with Gasteiger partial charge in [-0.2, -0.15) is 0 Å². The highest BCUT2D eigenvalue weighted by atomic mass is 32.1. The summed E-state index contributed by atoms with van der Waals surface area (Å²) in [5.41, 5.74) is -0.843. The first-order chi connectivity index (χ1) is 13.4. The molecule has 1 spiro atoms. The third-order valence-corrected chi connectivity index (χ3v) is 6.57. The number of hydrogen-bond donors (Lipinski definition) is 2. The molecule has 0 atom stereocenters. The number of hydrogen-bond acceptors (Lipinski definition) is 5. The highest BCUT2D eigenvalue weighted by molar-refractivity contribution is 7.11. The number of nitrogens with one attached hydrogen (secondary N) is 2. The van der Waals surface area contributed by atoms with Crippen LogP contribution >= 0.6 is 11.3 Å². The Labute approximate surface area is 167 Å². The molecular weight excluding hydrogens is 378 g/mol. The third kappa shape index (κ3) is 3.69. The Morgan fingerprint density at radius 2 is 2.04 bits per heavy atom. The van der Waals surface area contributed by atoms with Crippen molar-refractivity contribution in [3.63, 3.8) is 0 Å². The molecule has 2 fully saturated rings. The summed E-state index contributed by atoms with van der Waals surface area (Å²) in [4.78, 5) is 41.1. The highest BCUT2D eigenvalue weighted by Crippen LogP contribution is 2.35. The van der Waals surface area contributed by atoms with E-state index < -0.39 is 11.6 Å². The smallest absolute Gasteiger partial charge is 0.322 e. The van der Waals surface area contributed by atoms with Crippen molar-refractivity contribution in [2.24, 2.45) is 5.92 Å². The molecule has 7 nitrogen and oxygen atoms in total. The van der Waals surface area contributed by atoms with Crippen molar-refractivity contribution in [2.45, 2.75) is 51.2 Å². The van der Waals surface area contributed by atoms with Crippen LogP contribution in [-0.2, 0) is 22.7 Å². The first kappa shape index (κ1) is 18.7. The summed E-state index contributed by atoms with van der Waals surface area (Å²) in [5.74, 6) is 0.384. The van der Waals surface area contributed by atoms with Gasteiger partial charge in [-0.05, 0) is 56.9 Å². The van der Waals surface area contributed by atoms with Crippen LogP contribution in [0.2, 0.25) is 0 Å². The quantitative estimate of drug-likeness (QED) is 0.754. The molecule has 1 saturated carbocycles. The second-order valence-electron chi connectivity index (χ2n) is 7.55. The Morgan fingerprint density at radius 3 is 2.61 bits per heavy atom. The first-order valence-corrected chi connectivity index (χ1v) is 10.3. The van der Waals surface area contributed by atoms with Crippen LogP contribution in [0.15, 0.2) is 34.9 Å². The summed E-state index contributed by atoms with van der Waals surface area (Å²) in [6.07, 6.45) is 3.72. The van der Waals surface area contributed by atoms with Crippen LogP contribution in [0.5, 0.6) is 0 Å². The van der Waals surface area contributed by atoms with Gasteiger partial charge in [0.2, 0.25) is 5.91 Å². The van der Waals surface area contributed by atoms with Gasteiger partial charge in [-0.3, -0.25) is 14.9 Å². The molecule has 4 rings (SSSR count). The minimum Gasteiger partial charge on any atom is -0.467 e. The Morgan fingerprint density at radius 1 is 1.25 bits per heavy atom. The van der Waals surface area contributed by atoms with Crippen molar-refractivity contribution < 1.29 is 18.8 Å². The molecule has 148 valence electrons. The van der Waals surface area contributed by atoms with E-state index in [1.165, 1.54) is 4.88 Å². The summed E-state index contributed by atoms with van der Waals surface area (Å²) in [6, 6.07) is 7.35. The Kier molecular flexibility index (Phi) is 4.97. The van der Waals surface area contributed by atoms with Crippen LogP contribution < -0.4 is 10.6 Å². The van der Waals surface area contributed by atoms with Gasteiger partial charge >= 0.3 is 6.03 Å². The summed E-state index contributed by atoms with van der Waals surface area (Å²) in [5, 5.41) is 5.06. The number of urea groups is 1. The molecule has 0 unspecified atom stereocenters. The first-order valence-electron chi connectivity index (χ1n) is 9.45. The van der Waals surface area contributed by atoms with Crippen LogP contribution in [-0.4, -0.2) is 28.3 Å². The maximum Gasteiger partial charge on any atom is 0.322 e. The van der Waals surface area contributed by atoms with Gasteiger partial charge in [0.25, 0.3) is 5.91 Å². The molecule has 0 radical (unpaired) electrons. The summed E-state index contributed by atoms with van der Waals surface area (Å²) in [7, 11) is 0. The van der Waals surface area contributed by atoms with Gasteiger partial charge in [0.05, 0.1) is 19.4 Å². The van der Waals surface area contributed by atoms with E-state index in [0.717, 1.165) is 10.6 Å². The molecule has 2 aliphatic rings. The Hall–Kier alpha value is -2.61. The molecule has 1 aliphatic heterocycles. The Bertz CT molecular complexity index is 881. The lowest BCUT2D eigenvalue weighted by Crippen LogP contribution is -2.51. The molecule has 3 heterocycles. The van der Waals surface area contributed by atoms with Crippen LogP contribution in [0.4, 0.5) is 4.79 Å². The van der Waals surface area contributed by atoms with Crippen LogP contribution in [0, 0.1) is 12.8 Å². The van der Waals surface area contributed by atoms with E-state index in [0.29, 0.717) is 38.8 Å². The lowest BCUT2D eigenvalue weighted by Gasteiger charge is -2.36. The fourth-order valence-corrected chi connectivity index (χ4v) is 4.96. The van der Waals surface area contributed by atoms with E-state index in [1.807, 2.05) is 24.0 Å². The Balaban J connectivity index is 1.46. The summed E-state index contributed by atoms with van der Waals surface area (Å²) >= 11 is 1.68. The van der Waals surface area contributed by atoms with Gasteiger partial charge in [-0.15, -0.1) is 11.3 Å². The van der Waals surface area contributed by atoms with Crippen molar-refractivity contribution in [3.8, 4) is 0 Å². The van der Waals surface area contributed by atoms with E-state index >= 15 is 0 Å². The maximum atomic E-state index is 13.3. The lowest BCUT2D eigenvalue weighted by atomic mass is 9.76. The predicted molar refractivity (Wildman–Crippen MR) is 103 cm³/mol. The number of carbonyl (C=O) groups excluding carboxylic acids is 3. The van der Waals surface area contributed by atoms with E-state index in [9.17, 15) is 14.4 Å². The molecule has 1 saturated heterocycles. The minimum absolute atomic E-state index is 0.0713. The molecule has 1 aliphatic carbocycles. The highest BCUT2D eigenvalue weighted by Gasteiger charge is 2.49. The topological polar surface area (TPSA) is 91.7 Å². The summed E-state index contributed by atoms with van der Waals surface area (Å²) < 4.78 is 5.46. The van der Waals surface area contributed by atoms with Gasteiger partial charge in [-0.25, -0.2) is 4.79 Å². The minimum atomic E-state index is -0.843. The zero-order valence-electron chi connectivity index (χ0n) is 15.7. The number of rotatable bonds is 5. The van der Waals surface area contributed by atoms with E-state index in [2.05, 4.69) is 22.8 Å². The molecule has 28 heavy (non-hydrogen) atoms. The zero-order chi connectivity index (χ0) is 19.7. The molecule has 2 aromatic heterocycles. The van der Waals surface area contributed by atoms with Crippen molar-refractivity contribution in [2.75, 3.05) is 0 Å². The average Bonchev–Trinajstić information content (AvgIpc) is 3.38. The summed E-state index contributed by atoms with van der Waals surface area (Å²) in [6.45, 7) is 3.01. The van der Waals surface area contributed by atoms with Crippen molar-refractivity contribution in [1.82, 2.24) is 15.5 Å². The second-order valence-corrected chi connectivity index (χ2v) is 8.92. The molecule has 2 N–H and O–H groups in total. The van der Waals surface area contributed by atoms with E-state index in [4.69, 9.17) is 4.42 Å². The maximum absolute atomic E-state index is 13.3. The standard InChI is InChI=1S/C20H23N3O4S/c1-13-4-5-16(28-13)12-23(11-15-3-2-10-27-15)17(24)14-6-8-20(9-7-14)18(25)21-19(26)22-20/h2-5,10,14H,6-9,11-12H2,1H3,(H2,21,22,25,26). The van der Waals surface area contributed by atoms with Crippen molar-refractivity contribution >= 4 is 29.2 Å². The number of thiophene rings is 1. The number of nitrogens with zero attached hydrogens (tertiary/aromatic N) is 1. The van der Waals surface area contributed by atoms with Gasteiger partial charge in [0, 0.05) is 15.7 Å². The molecule has 0 bridgehead atoms. The van der Waals surface area contributed by atoms with Crippen LogP contribution in [0.1, 0.15) is 41.2 Å². The van der Waals surface area contributed by atoms with E-state index in [-0.39, 0.29) is 17.7 Å². The monoisotopic (exact) mass is 401 g/mol. The number of imide groups is 1. The number of amides is 4. The van der Waals surface area contributed by atoms with Gasteiger partial charge in [0.15, 0.2) is 0 Å². The fraction of sp³-hybridized carbons (Fsp3) is 0.450. The number of furan rings is 1. The van der Waals surface area contributed by atoms with Crippen molar-refractivity contribution in [1.29, 1.82) is 0 Å². The van der Waals surface area contributed by atoms with Crippen LogP contribution in [0.25, 0.3) is 0 Å². The van der Waals surface area contributed by atoms with Gasteiger partial charge < -0.3 is 14.6 Å². The zero-order valence-corrected chi connectivity index (χ0v) is 16.5. The molecular formula is C20H23N3O4S. The van der Waals surface area contributed by atoms with E-state index in [1.54, 1.807) is 17.6 Å². The molecule has 4 amide bonds. The lowest BCUT2D eigenvalue weighted by molar-refractivity contribution is -0.140. The predicted octanol–water partition coefficient (Wildman–Crippen LogP) is 2.95. The molecule has 0 aromatic carbocycles. The van der Waals surface area contributed by atoms with Crippen LogP contribution in [0.3, 0.4) is 0 Å². The molecule has 8 heteroatoms. The largest absolute Gasteiger partial charge is 0.467 e. The van der Waals surface area contributed by atoms with Crippen molar-refractivity contribution in [3.05, 3.63) is 46.0 Å². The van der Waals surface area contributed by atoms with Gasteiger partial charge in [-0.1, -0.05) is 0 Å². The third-order valence-electron chi connectivity index (χ3n) is 5.58. The average molecular weight is 401 g/mol. The number of aryl methyl sites for hydroxylation is 1.